The van der Waals surface area contributed by atoms with Crippen LogP contribution < -0.4 is 0 Å². The lowest BCUT2D eigenvalue weighted by Gasteiger charge is -2.08. The molecule has 0 saturated carbocycles. The van der Waals surface area contributed by atoms with Crippen LogP contribution in [0.5, 0.6) is 0 Å². The molecule has 0 aromatic heterocycles. The van der Waals surface area contributed by atoms with Gasteiger partial charge >= 0.3 is 6.18 Å². The second kappa shape index (κ2) is 7.03. The molecule has 0 radical (unpaired) electrons. The summed E-state index contributed by atoms with van der Waals surface area (Å²) in [5, 5.41) is 16.7. The molecular formula is C16H10F4N2O2. The van der Waals surface area contributed by atoms with E-state index in [4.69, 9.17) is 0 Å². The number of nitrogens with zero attached hydrogens (tertiary/aromatic N) is 2. The van der Waals surface area contributed by atoms with Crippen molar-refractivity contribution in [3.05, 3.63) is 71.7 Å². The molecule has 0 aliphatic rings. The van der Waals surface area contributed by atoms with Crippen molar-refractivity contribution in [2.24, 2.45) is 10.2 Å². The van der Waals surface area contributed by atoms with Gasteiger partial charge in [-0.2, -0.15) is 18.3 Å². The van der Waals surface area contributed by atoms with Crippen molar-refractivity contribution in [2.45, 2.75) is 6.18 Å². The minimum Gasteiger partial charge on any atom is -0.505 e. The number of aliphatic hydroxyl groups is 1. The van der Waals surface area contributed by atoms with E-state index < -0.39 is 29.2 Å². The Hall–Kier alpha value is -3.03. The van der Waals surface area contributed by atoms with Crippen molar-refractivity contribution < 1.29 is 27.5 Å². The van der Waals surface area contributed by atoms with Gasteiger partial charge in [0.1, 0.15) is 5.82 Å². The molecule has 0 saturated heterocycles. The van der Waals surface area contributed by atoms with Crippen LogP contribution in [0, 0.1) is 5.82 Å². The summed E-state index contributed by atoms with van der Waals surface area (Å²) in [6.07, 6.45) is -5.24. The lowest BCUT2D eigenvalue weighted by atomic mass is 10.1. The standard InChI is InChI=1S/C16H10F4N2O2/c17-11-6-8-12(9-7-11)21-22-13(15(24)16(18,19)20)14(23)10-4-2-1-3-5-10/h1-9,23H/b14-13-,22-21?. The summed E-state index contributed by atoms with van der Waals surface area (Å²) in [6.45, 7) is 0. The predicted octanol–water partition coefficient (Wildman–Crippen LogP) is 4.97. The van der Waals surface area contributed by atoms with Crippen LogP contribution in [0.2, 0.25) is 0 Å². The molecule has 0 aliphatic carbocycles. The van der Waals surface area contributed by atoms with Gasteiger partial charge in [0.15, 0.2) is 11.5 Å². The van der Waals surface area contributed by atoms with E-state index in [0.717, 1.165) is 24.3 Å². The Morgan fingerprint density at radius 3 is 2.08 bits per heavy atom. The van der Waals surface area contributed by atoms with E-state index in [1.807, 2.05) is 0 Å². The first-order chi connectivity index (χ1) is 11.3. The Bertz CT molecular complexity index is 782. The molecule has 0 bridgehead atoms. The molecule has 2 aromatic rings. The maximum absolute atomic E-state index is 12.8. The van der Waals surface area contributed by atoms with Gasteiger partial charge in [-0.1, -0.05) is 30.3 Å². The van der Waals surface area contributed by atoms with E-state index in [9.17, 15) is 27.5 Å². The fraction of sp³-hybridized carbons (Fsp3) is 0.0625. The first kappa shape index (κ1) is 17.3. The van der Waals surface area contributed by atoms with Crippen molar-refractivity contribution in [1.82, 2.24) is 0 Å². The zero-order valence-corrected chi connectivity index (χ0v) is 12.0. The lowest BCUT2D eigenvalue weighted by Crippen LogP contribution is -2.24. The van der Waals surface area contributed by atoms with Gasteiger partial charge in [0.05, 0.1) is 5.69 Å². The molecule has 0 heterocycles. The van der Waals surface area contributed by atoms with Crippen LogP contribution in [0.4, 0.5) is 23.2 Å². The Morgan fingerprint density at radius 1 is 0.958 bits per heavy atom. The first-order valence-electron chi connectivity index (χ1n) is 6.56. The Labute approximate surface area is 133 Å². The second-order valence-electron chi connectivity index (χ2n) is 4.57. The zero-order chi connectivity index (χ0) is 17.7. The number of Topliss-reactive ketones (excluding diaryl/α,β-unsaturated/α-hetero) is 1. The third-order valence-corrected chi connectivity index (χ3v) is 2.84. The first-order valence-corrected chi connectivity index (χ1v) is 6.56. The Morgan fingerprint density at radius 2 is 1.54 bits per heavy atom. The number of allylic oxidation sites excluding steroid dienone is 1. The average Bonchev–Trinajstić information content (AvgIpc) is 2.56. The van der Waals surface area contributed by atoms with Crippen LogP contribution in [-0.4, -0.2) is 17.1 Å². The van der Waals surface area contributed by atoms with E-state index in [1.54, 1.807) is 6.07 Å². The summed E-state index contributed by atoms with van der Waals surface area (Å²) in [5.74, 6) is -3.86. The SMILES string of the molecule is O=C(/C(N=Nc1ccc(F)cc1)=C(/O)c1ccccc1)C(F)(F)F. The summed E-state index contributed by atoms with van der Waals surface area (Å²) < 4.78 is 50.9. The molecule has 0 spiro atoms. The van der Waals surface area contributed by atoms with E-state index in [2.05, 4.69) is 10.2 Å². The van der Waals surface area contributed by atoms with E-state index in [1.165, 1.54) is 24.3 Å². The molecule has 0 unspecified atom stereocenters. The highest BCUT2D eigenvalue weighted by atomic mass is 19.4. The number of halogens is 4. The molecule has 24 heavy (non-hydrogen) atoms. The molecule has 2 rings (SSSR count). The van der Waals surface area contributed by atoms with Gasteiger partial charge in [0, 0.05) is 5.56 Å². The van der Waals surface area contributed by atoms with Gasteiger partial charge in [-0.3, -0.25) is 4.79 Å². The van der Waals surface area contributed by atoms with Crippen molar-refractivity contribution in [3.63, 3.8) is 0 Å². The summed E-state index contributed by atoms with van der Waals surface area (Å²) in [7, 11) is 0. The minimum atomic E-state index is -5.24. The third kappa shape index (κ3) is 4.25. The third-order valence-electron chi connectivity index (χ3n) is 2.84. The van der Waals surface area contributed by atoms with Gasteiger partial charge < -0.3 is 5.11 Å². The monoisotopic (exact) mass is 338 g/mol. The number of hydrogen-bond donors (Lipinski definition) is 1. The lowest BCUT2D eigenvalue weighted by molar-refractivity contribution is -0.166. The van der Waals surface area contributed by atoms with Crippen LogP contribution >= 0.6 is 0 Å². The number of carbonyl (C=O) groups is 1. The maximum Gasteiger partial charge on any atom is 0.456 e. The van der Waals surface area contributed by atoms with Crippen LogP contribution in [0.25, 0.3) is 5.76 Å². The topological polar surface area (TPSA) is 62.0 Å². The highest BCUT2D eigenvalue weighted by Gasteiger charge is 2.43. The van der Waals surface area contributed by atoms with Crippen molar-refractivity contribution >= 4 is 17.2 Å². The van der Waals surface area contributed by atoms with E-state index in [-0.39, 0.29) is 11.3 Å². The number of azo groups is 1. The smallest absolute Gasteiger partial charge is 0.456 e. The predicted molar refractivity (Wildman–Crippen MR) is 78.0 cm³/mol. The van der Waals surface area contributed by atoms with Gasteiger partial charge in [-0.05, 0) is 24.3 Å². The quantitative estimate of drug-likeness (QED) is 0.370. The molecule has 1 N–H and O–H groups in total. The van der Waals surface area contributed by atoms with Gasteiger partial charge in [-0.15, -0.1) is 5.11 Å². The number of alkyl halides is 3. The highest BCUT2D eigenvalue weighted by Crippen LogP contribution is 2.27. The average molecular weight is 338 g/mol. The van der Waals surface area contributed by atoms with Crippen molar-refractivity contribution in [3.8, 4) is 0 Å². The molecule has 4 nitrogen and oxygen atoms in total. The summed E-state index contributed by atoms with van der Waals surface area (Å²) in [6, 6.07) is 11.5. The molecule has 2 aromatic carbocycles. The van der Waals surface area contributed by atoms with Crippen LogP contribution in [0.1, 0.15) is 5.56 Å². The van der Waals surface area contributed by atoms with Gasteiger partial charge in [0.25, 0.3) is 5.78 Å². The Balaban J connectivity index is 2.47. The summed E-state index contributed by atoms with van der Waals surface area (Å²) in [4.78, 5) is 11.5. The highest BCUT2D eigenvalue weighted by molar-refractivity contribution is 6.04. The number of benzene rings is 2. The normalized spacial score (nSPS) is 13.0. The molecule has 0 amide bonds. The number of carbonyl (C=O) groups excluding carboxylic acids is 1. The van der Waals surface area contributed by atoms with Crippen molar-refractivity contribution in [2.75, 3.05) is 0 Å². The summed E-state index contributed by atoms with van der Waals surface area (Å²) in [5.41, 5.74) is -1.26. The second-order valence-corrected chi connectivity index (χ2v) is 4.57. The molecule has 0 fully saturated rings. The van der Waals surface area contributed by atoms with Gasteiger partial charge in [0.2, 0.25) is 0 Å². The van der Waals surface area contributed by atoms with E-state index in [0.29, 0.717) is 0 Å². The molecule has 0 aliphatic heterocycles. The molecule has 0 atom stereocenters. The molecular weight excluding hydrogens is 328 g/mol. The summed E-state index contributed by atoms with van der Waals surface area (Å²) >= 11 is 0. The number of aliphatic hydroxyl groups excluding tert-OH is 1. The molecule has 8 heteroatoms. The fourth-order valence-corrected chi connectivity index (χ4v) is 1.68. The number of ketones is 1. The number of hydrogen-bond acceptors (Lipinski definition) is 4. The zero-order valence-electron chi connectivity index (χ0n) is 12.0. The maximum atomic E-state index is 12.8. The van der Waals surface area contributed by atoms with Crippen LogP contribution in [-0.2, 0) is 4.79 Å². The van der Waals surface area contributed by atoms with Crippen LogP contribution in [0.3, 0.4) is 0 Å². The van der Waals surface area contributed by atoms with Crippen LogP contribution in [0.15, 0.2) is 70.5 Å². The minimum absolute atomic E-state index is 0.0183. The molecule has 124 valence electrons. The fourth-order valence-electron chi connectivity index (χ4n) is 1.68. The van der Waals surface area contributed by atoms with Gasteiger partial charge in [-0.25, -0.2) is 4.39 Å². The Kier molecular flexibility index (Phi) is 5.08. The largest absolute Gasteiger partial charge is 0.505 e. The van der Waals surface area contributed by atoms with Crippen molar-refractivity contribution in [1.29, 1.82) is 0 Å². The van der Waals surface area contributed by atoms with E-state index >= 15 is 0 Å². The number of rotatable bonds is 4.